The number of hydrogen-bond donors (Lipinski definition) is 0. The first-order chi connectivity index (χ1) is 12.8. The molecule has 1 aromatic carbocycles. The van der Waals surface area contributed by atoms with E-state index >= 15 is 0 Å². The lowest BCUT2D eigenvalue weighted by molar-refractivity contribution is -0.147. The fourth-order valence-corrected chi connectivity index (χ4v) is 4.21. The van der Waals surface area contributed by atoms with E-state index in [-0.39, 0.29) is 16.2 Å². The Morgan fingerprint density at radius 3 is 2.25 bits per heavy atom. The van der Waals surface area contributed by atoms with Crippen LogP contribution in [-0.2, 0) is 25.5 Å². The van der Waals surface area contributed by atoms with Gasteiger partial charge in [-0.05, 0) is 31.5 Å². The molecule has 3 rings (SSSR count). The van der Waals surface area contributed by atoms with Crippen LogP contribution in [0, 0.1) is 0 Å². The Balaban J connectivity index is 2.10. The number of hydrogen-bond acceptors (Lipinski definition) is 6. The molecule has 0 atom stereocenters. The van der Waals surface area contributed by atoms with E-state index in [1.807, 2.05) is 0 Å². The maximum atomic E-state index is 13.1. The van der Waals surface area contributed by atoms with E-state index in [0.717, 1.165) is 28.4 Å². The van der Waals surface area contributed by atoms with E-state index in [4.69, 9.17) is 9.47 Å². The summed E-state index contributed by atoms with van der Waals surface area (Å²) in [4.78, 5) is 12.4. The summed E-state index contributed by atoms with van der Waals surface area (Å²) >= 11 is 0.793. The van der Waals surface area contributed by atoms with E-state index in [1.54, 1.807) is 13.8 Å². The molecule has 1 aliphatic heterocycles. The van der Waals surface area contributed by atoms with E-state index in [1.165, 1.54) is 24.3 Å². The van der Waals surface area contributed by atoms with Gasteiger partial charge in [0.25, 0.3) is 0 Å². The van der Waals surface area contributed by atoms with Crippen LogP contribution in [0.15, 0.2) is 45.7 Å². The Hall–Kier alpha value is -2.33. The zero-order valence-corrected chi connectivity index (χ0v) is 16.6. The number of carbonyl (C=O) groups excluding carboxylic acids is 1. The smallest absolute Gasteiger partial charge is 0.420 e. The molecule has 0 radical (unpaired) electrons. The molecular formula is C18H15F3O5S2. The van der Waals surface area contributed by atoms with E-state index in [0.29, 0.717) is 5.56 Å². The van der Waals surface area contributed by atoms with Crippen LogP contribution in [0.3, 0.4) is 0 Å². The zero-order valence-electron chi connectivity index (χ0n) is 15.0. The molecule has 0 unspecified atom stereocenters. The van der Waals surface area contributed by atoms with Crippen molar-refractivity contribution in [3.05, 3.63) is 51.9 Å². The summed E-state index contributed by atoms with van der Waals surface area (Å²) in [6.07, 6.45) is -3.58. The Morgan fingerprint density at radius 1 is 1.11 bits per heavy atom. The summed E-state index contributed by atoms with van der Waals surface area (Å²) in [5.74, 6) is -1.75. The van der Waals surface area contributed by atoms with Crippen LogP contribution in [0.4, 0.5) is 13.2 Å². The molecule has 2 aromatic rings. The monoisotopic (exact) mass is 432 g/mol. The number of sulfone groups is 1. The van der Waals surface area contributed by atoms with Gasteiger partial charge >= 0.3 is 12.1 Å². The van der Waals surface area contributed by atoms with Gasteiger partial charge in [-0.15, -0.1) is 11.3 Å². The summed E-state index contributed by atoms with van der Waals surface area (Å²) in [6, 6.07) is 5.61. The molecule has 0 saturated heterocycles. The van der Waals surface area contributed by atoms with Gasteiger partial charge in [-0.2, -0.15) is 13.2 Å². The number of alkyl halides is 3. The molecule has 0 N–H and O–H groups in total. The third-order valence-electron chi connectivity index (χ3n) is 4.08. The van der Waals surface area contributed by atoms with Crippen molar-refractivity contribution >= 4 is 32.7 Å². The molecule has 28 heavy (non-hydrogen) atoms. The Kier molecular flexibility index (Phi) is 4.83. The van der Waals surface area contributed by atoms with Gasteiger partial charge in [-0.25, -0.2) is 13.2 Å². The van der Waals surface area contributed by atoms with Crippen molar-refractivity contribution in [2.45, 2.75) is 30.5 Å². The second-order valence-electron chi connectivity index (χ2n) is 6.65. The number of esters is 1. The van der Waals surface area contributed by atoms with Crippen LogP contribution in [0.1, 0.15) is 25.0 Å². The molecular weight excluding hydrogens is 417 g/mol. The molecule has 0 bridgehead atoms. The van der Waals surface area contributed by atoms with Crippen LogP contribution >= 0.6 is 11.3 Å². The van der Waals surface area contributed by atoms with Gasteiger partial charge in [-0.1, -0.05) is 12.1 Å². The molecule has 0 amide bonds. The van der Waals surface area contributed by atoms with Gasteiger partial charge in [0.2, 0.25) is 5.76 Å². The van der Waals surface area contributed by atoms with E-state index in [2.05, 4.69) is 0 Å². The van der Waals surface area contributed by atoms with Crippen molar-refractivity contribution in [2.75, 3.05) is 6.26 Å². The number of cyclic esters (lactones) is 1. The third-order valence-corrected chi connectivity index (χ3v) is 5.93. The second-order valence-corrected chi connectivity index (χ2v) is 9.41. The summed E-state index contributed by atoms with van der Waals surface area (Å²) < 4.78 is 73.2. The van der Waals surface area contributed by atoms with E-state index in [9.17, 15) is 26.4 Å². The van der Waals surface area contributed by atoms with Gasteiger partial charge in [0, 0.05) is 17.0 Å². The average Bonchev–Trinajstić information content (AvgIpc) is 3.09. The largest absolute Gasteiger partial charge is 0.449 e. The number of rotatable bonds is 4. The molecule has 5 nitrogen and oxygen atoms in total. The summed E-state index contributed by atoms with van der Waals surface area (Å²) in [5.41, 5.74) is -1.53. The summed E-state index contributed by atoms with van der Waals surface area (Å²) in [5, 5.41) is 2.04. The molecule has 0 spiro atoms. The second kappa shape index (κ2) is 6.63. The van der Waals surface area contributed by atoms with Crippen molar-refractivity contribution in [3.63, 3.8) is 0 Å². The topological polar surface area (TPSA) is 69.7 Å². The molecule has 0 fully saturated rings. The van der Waals surface area contributed by atoms with Crippen molar-refractivity contribution in [1.82, 2.24) is 0 Å². The highest BCUT2D eigenvalue weighted by atomic mass is 32.2. The standard InChI is InChI=1S/C18H15F3O5S2/c1-17(2)14(10-4-6-11(7-5-10)28(3,23)24)15(16(22)26-17)25-13-9-27-8-12(13)18(19,20)21/h4-9H,1-3H3. The van der Waals surface area contributed by atoms with Crippen LogP contribution in [-0.4, -0.2) is 26.2 Å². The highest BCUT2D eigenvalue weighted by molar-refractivity contribution is 7.90. The first-order valence-electron chi connectivity index (χ1n) is 7.90. The van der Waals surface area contributed by atoms with Crippen molar-refractivity contribution in [3.8, 4) is 5.75 Å². The number of ether oxygens (including phenoxy) is 2. The molecule has 150 valence electrons. The maximum absolute atomic E-state index is 13.1. The van der Waals surface area contributed by atoms with Crippen LogP contribution in [0.25, 0.3) is 5.57 Å². The zero-order chi connectivity index (χ0) is 20.9. The average molecular weight is 432 g/mol. The lowest BCUT2D eigenvalue weighted by Crippen LogP contribution is -2.22. The van der Waals surface area contributed by atoms with Gasteiger partial charge in [0.05, 0.1) is 10.5 Å². The highest BCUT2D eigenvalue weighted by Crippen LogP contribution is 2.44. The Bertz CT molecular complexity index is 1060. The van der Waals surface area contributed by atoms with Crippen LogP contribution < -0.4 is 4.74 Å². The highest BCUT2D eigenvalue weighted by Gasteiger charge is 2.44. The normalized spacial score (nSPS) is 17.0. The number of benzene rings is 1. The number of carbonyl (C=O) groups is 1. The van der Waals surface area contributed by atoms with Gasteiger partial charge in [0.1, 0.15) is 11.2 Å². The summed E-state index contributed by atoms with van der Waals surface area (Å²) in [7, 11) is -3.43. The minimum absolute atomic E-state index is 0.0690. The maximum Gasteiger partial charge on any atom is 0.420 e. The molecule has 10 heteroatoms. The fraction of sp³-hybridized carbons (Fsp3) is 0.278. The van der Waals surface area contributed by atoms with Gasteiger partial charge < -0.3 is 9.47 Å². The van der Waals surface area contributed by atoms with Crippen molar-refractivity contribution in [1.29, 1.82) is 0 Å². The van der Waals surface area contributed by atoms with Crippen molar-refractivity contribution < 1.29 is 35.9 Å². The van der Waals surface area contributed by atoms with E-state index < -0.39 is 38.9 Å². The predicted molar refractivity (Wildman–Crippen MR) is 96.6 cm³/mol. The van der Waals surface area contributed by atoms with Crippen molar-refractivity contribution in [2.24, 2.45) is 0 Å². The first kappa shape index (κ1) is 20.4. The van der Waals surface area contributed by atoms with Gasteiger partial charge in [-0.3, -0.25) is 0 Å². The lowest BCUT2D eigenvalue weighted by atomic mass is 9.92. The number of thiophene rings is 1. The van der Waals surface area contributed by atoms with Gasteiger partial charge in [0.15, 0.2) is 15.6 Å². The fourth-order valence-electron chi connectivity index (χ4n) is 2.83. The van der Waals surface area contributed by atoms with Crippen LogP contribution in [0.5, 0.6) is 5.75 Å². The predicted octanol–water partition coefficient (Wildman–Crippen LogP) is 4.30. The number of halogens is 3. The Morgan fingerprint density at radius 2 is 1.71 bits per heavy atom. The molecule has 1 aliphatic rings. The minimum atomic E-state index is -4.63. The summed E-state index contributed by atoms with van der Waals surface area (Å²) in [6.45, 7) is 3.14. The lowest BCUT2D eigenvalue weighted by Gasteiger charge is -2.21. The molecule has 2 heterocycles. The van der Waals surface area contributed by atoms with Crippen LogP contribution in [0.2, 0.25) is 0 Å². The molecule has 0 saturated carbocycles. The molecule has 0 aliphatic carbocycles. The minimum Gasteiger partial charge on any atom is -0.449 e. The third kappa shape index (κ3) is 3.79. The Labute approximate surface area is 163 Å². The first-order valence-corrected chi connectivity index (χ1v) is 10.7. The molecule has 1 aromatic heterocycles. The quantitative estimate of drug-likeness (QED) is 0.674. The SMILES string of the molecule is CC1(C)OC(=O)C(Oc2cscc2C(F)(F)F)=C1c1ccc(S(C)(=O)=O)cc1.